The minimum atomic E-state index is -1.30. The molecule has 2 aromatic carbocycles. The van der Waals surface area contributed by atoms with Crippen LogP contribution in [0.25, 0.3) is 0 Å². The predicted molar refractivity (Wildman–Crippen MR) is 128 cm³/mol. The normalized spacial score (nSPS) is 11.7. The first-order valence-corrected chi connectivity index (χ1v) is 11.2. The SMILES string of the molecule is CCCCc1ncc(CO)n1Cc1ccc(NC(=O)[C@H](Cc2ccc(O)cc2)NC(=O)O)cc1. The van der Waals surface area contributed by atoms with Gasteiger partial charge in [0.25, 0.3) is 0 Å². The summed E-state index contributed by atoms with van der Waals surface area (Å²) in [6.07, 6.45) is 3.45. The van der Waals surface area contributed by atoms with E-state index < -0.39 is 18.0 Å². The van der Waals surface area contributed by atoms with E-state index >= 15 is 0 Å². The van der Waals surface area contributed by atoms with E-state index in [-0.39, 0.29) is 18.8 Å². The van der Waals surface area contributed by atoms with Gasteiger partial charge >= 0.3 is 6.09 Å². The average molecular weight is 467 g/mol. The molecule has 0 aliphatic rings. The van der Waals surface area contributed by atoms with Crippen LogP contribution in [0.15, 0.2) is 54.7 Å². The number of unbranched alkanes of at least 4 members (excludes halogenated alkanes) is 1. The molecule has 0 spiro atoms. The molecule has 5 N–H and O–H groups in total. The van der Waals surface area contributed by atoms with Gasteiger partial charge in [0, 0.05) is 25.1 Å². The molecule has 1 aromatic heterocycles. The van der Waals surface area contributed by atoms with Gasteiger partial charge in [0.2, 0.25) is 5.91 Å². The molecule has 9 nitrogen and oxygen atoms in total. The third-order valence-corrected chi connectivity index (χ3v) is 5.49. The lowest BCUT2D eigenvalue weighted by Crippen LogP contribution is -2.44. The molecule has 1 atom stereocenters. The van der Waals surface area contributed by atoms with E-state index in [2.05, 4.69) is 22.5 Å². The van der Waals surface area contributed by atoms with Crippen LogP contribution < -0.4 is 10.6 Å². The highest BCUT2D eigenvalue weighted by Crippen LogP contribution is 2.17. The van der Waals surface area contributed by atoms with Crippen molar-refractivity contribution in [2.45, 2.75) is 51.8 Å². The summed E-state index contributed by atoms with van der Waals surface area (Å²) in [5.41, 5.74) is 2.98. The molecule has 0 saturated heterocycles. The first kappa shape index (κ1) is 24.8. The highest BCUT2D eigenvalue weighted by molar-refractivity contribution is 5.96. The number of aliphatic hydroxyl groups excluding tert-OH is 1. The van der Waals surface area contributed by atoms with Crippen LogP contribution in [0.5, 0.6) is 5.75 Å². The molecule has 3 aromatic rings. The Morgan fingerprint density at radius 3 is 2.35 bits per heavy atom. The molecule has 0 saturated carbocycles. The second-order valence-electron chi connectivity index (χ2n) is 8.07. The van der Waals surface area contributed by atoms with Crippen LogP contribution in [0.2, 0.25) is 0 Å². The Balaban J connectivity index is 1.68. The number of hydrogen-bond donors (Lipinski definition) is 5. The number of aliphatic hydroxyl groups is 1. The molecular formula is C25H30N4O5. The van der Waals surface area contributed by atoms with Gasteiger partial charge in [0.1, 0.15) is 17.6 Å². The number of amides is 2. The fourth-order valence-corrected chi connectivity index (χ4v) is 3.64. The van der Waals surface area contributed by atoms with Crippen molar-refractivity contribution >= 4 is 17.7 Å². The third-order valence-electron chi connectivity index (χ3n) is 5.49. The Labute approximate surface area is 198 Å². The van der Waals surface area contributed by atoms with Gasteiger partial charge in [-0.25, -0.2) is 9.78 Å². The summed E-state index contributed by atoms with van der Waals surface area (Å²) in [5, 5.41) is 33.2. The van der Waals surface area contributed by atoms with Crippen molar-refractivity contribution in [1.82, 2.24) is 14.9 Å². The fraction of sp³-hybridized carbons (Fsp3) is 0.320. The number of carbonyl (C=O) groups is 2. The number of aryl methyl sites for hydroxylation is 1. The Hall–Kier alpha value is -3.85. The van der Waals surface area contributed by atoms with Crippen molar-refractivity contribution in [3.8, 4) is 5.75 Å². The zero-order valence-electron chi connectivity index (χ0n) is 19.1. The molecule has 34 heavy (non-hydrogen) atoms. The van der Waals surface area contributed by atoms with Crippen LogP contribution in [-0.2, 0) is 30.8 Å². The smallest absolute Gasteiger partial charge is 0.405 e. The fourth-order valence-electron chi connectivity index (χ4n) is 3.64. The molecule has 9 heteroatoms. The van der Waals surface area contributed by atoms with Gasteiger partial charge in [0.15, 0.2) is 0 Å². The maximum Gasteiger partial charge on any atom is 0.405 e. The summed E-state index contributed by atoms with van der Waals surface area (Å²) in [7, 11) is 0. The number of nitrogens with one attached hydrogen (secondary N) is 2. The van der Waals surface area contributed by atoms with Crippen molar-refractivity contribution in [3.05, 3.63) is 77.4 Å². The van der Waals surface area contributed by atoms with Gasteiger partial charge in [-0.1, -0.05) is 37.6 Å². The van der Waals surface area contributed by atoms with Crippen molar-refractivity contribution in [1.29, 1.82) is 0 Å². The molecule has 0 aliphatic carbocycles. The second kappa shape index (κ2) is 11.9. The molecule has 1 heterocycles. The number of imidazole rings is 1. The predicted octanol–water partition coefficient (Wildman–Crippen LogP) is 3.29. The highest BCUT2D eigenvalue weighted by Gasteiger charge is 2.21. The molecular weight excluding hydrogens is 436 g/mol. The van der Waals surface area contributed by atoms with Crippen LogP contribution in [0, 0.1) is 0 Å². The number of aromatic nitrogens is 2. The lowest BCUT2D eigenvalue weighted by Gasteiger charge is -2.17. The van der Waals surface area contributed by atoms with E-state index in [9.17, 15) is 19.8 Å². The summed E-state index contributed by atoms with van der Waals surface area (Å²) in [4.78, 5) is 28.4. The number of carbonyl (C=O) groups excluding carboxylic acids is 1. The van der Waals surface area contributed by atoms with E-state index in [4.69, 9.17) is 5.11 Å². The van der Waals surface area contributed by atoms with E-state index in [1.54, 1.807) is 30.5 Å². The van der Waals surface area contributed by atoms with Crippen LogP contribution >= 0.6 is 0 Å². The molecule has 0 radical (unpaired) electrons. The number of hydrogen-bond acceptors (Lipinski definition) is 5. The zero-order valence-corrected chi connectivity index (χ0v) is 19.1. The largest absolute Gasteiger partial charge is 0.508 e. The van der Waals surface area contributed by atoms with Gasteiger partial charge < -0.3 is 30.5 Å². The Bertz CT molecular complexity index is 1090. The van der Waals surface area contributed by atoms with Crippen molar-refractivity contribution < 1.29 is 24.9 Å². The molecule has 0 aliphatic heterocycles. The Morgan fingerprint density at radius 2 is 1.74 bits per heavy atom. The van der Waals surface area contributed by atoms with Crippen LogP contribution in [0.1, 0.15) is 42.4 Å². The van der Waals surface area contributed by atoms with E-state index in [0.29, 0.717) is 17.8 Å². The van der Waals surface area contributed by atoms with Crippen molar-refractivity contribution in [2.24, 2.45) is 0 Å². The molecule has 2 amide bonds. The summed E-state index contributed by atoms with van der Waals surface area (Å²) >= 11 is 0. The minimum Gasteiger partial charge on any atom is -0.508 e. The van der Waals surface area contributed by atoms with Gasteiger partial charge in [-0.15, -0.1) is 0 Å². The number of aromatic hydroxyl groups is 1. The first-order valence-electron chi connectivity index (χ1n) is 11.2. The quantitative estimate of drug-likeness (QED) is 0.294. The van der Waals surface area contributed by atoms with E-state index in [0.717, 1.165) is 36.3 Å². The van der Waals surface area contributed by atoms with Gasteiger partial charge in [-0.2, -0.15) is 0 Å². The monoisotopic (exact) mass is 466 g/mol. The number of rotatable bonds is 11. The Kier molecular flexibility index (Phi) is 8.64. The third kappa shape index (κ3) is 6.82. The number of anilines is 1. The number of phenolic OH excluding ortho intramolecular Hbond substituents is 1. The summed E-state index contributed by atoms with van der Waals surface area (Å²) in [6, 6.07) is 12.5. The molecule has 3 rings (SSSR count). The number of carboxylic acid groups (broad SMARTS) is 1. The first-order chi connectivity index (χ1) is 16.4. The van der Waals surface area contributed by atoms with Crippen molar-refractivity contribution in [2.75, 3.05) is 5.32 Å². The van der Waals surface area contributed by atoms with Crippen LogP contribution in [0.3, 0.4) is 0 Å². The van der Waals surface area contributed by atoms with Gasteiger partial charge in [-0.05, 0) is 41.8 Å². The van der Waals surface area contributed by atoms with Gasteiger partial charge in [-0.3, -0.25) is 4.79 Å². The standard InChI is InChI=1S/C25H30N4O5/c1-2-3-4-23-26-14-20(16-30)29(23)15-18-5-9-19(10-6-18)27-24(32)22(28-25(33)34)13-17-7-11-21(31)12-8-17/h5-12,14,22,28,30-31H,2-4,13,15-16H2,1H3,(H,27,32)(H,33,34)/t22-/m0/s1. The van der Waals surface area contributed by atoms with Gasteiger partial charge in [0.05, 0.1) is 18.5 Å². The van der Waals surface area contributed by atoms with Crippen molar-refractivity contribution in [3.63, 3.8) is 0 Å². The minimum absolute atomic E-state index is 0.0910. The lowest BCUT2D eigenvalue weighted by molar-refractivity contribution is -0.118. The topological polar surface area (TPSA) is 137 Å². The number of benzene rings is 2. The molecule has 180 valence electrons. The highest BCUT2D eigenvalue weighted by atomic mass is 16.4. The lowest BCUT2D eigenvalue weighted by atomic mass is 10.0. The number of nitrogens with zero attached hydrogens (tertiary/aromatic N) is 2. The maximum absolute atomic E-state index is 12.8. The summed E-state index contributed by atoms with van der Waals surface area (Å²) < 4.78 is 2.01. The number of phenols is 1. The zero-order chi connectivity index (χ0) is 24.5. The second-order valence-corrected chi connectivity index (χ2v) is 8.07. The molecule has 0 bridgehead atoms. The average Bonchev–Trinajstić information content (AvgIpc) is 3.21. The van der Waals surface area contributed by atoms with Crippen LogP contribution in [0.4, 0.5) is 10.5 Å². The maximum atomic E-state index is 12.8. The summed E-state index contributed by atoms with van der Waals surface area (Å²) in [6.45, 7) is 2.58. The molecule has 0 fully saturated rings. The molecule has 0 unspecified atom stereocenters. The van der Waals surface area contributed by atoms with Crippen LogP contribution in [-0.4, -0.2) is 42.9 Å². The van der Waals surface area contributed by atoms with E-state index in [1.165, 1.54) is 12.1 Å². The summed E-state index contributed by atoms with van der Waals surface area (Å²) in [5.74, 6) is 0.540. The Morgan fingerprint density at radius 1 is 1.06 bits per heavy atom. The van der Waals surface area contributed by atoms with E-state index in [1.807, 2.05) is 16.7 Å².